The summed E-state index contributed by atoms with van der Waals surface area (Å²) in [6.45, 7) is -0.283. The summed E-state index contributed by atoms with van der Waals surface area (Å²) in [5.74, 6) is -0.140. The van der Waals surface area contributed by atoms with Crippen LogP contribution in [0.15, 0.2) is 30.6 Å². The van der Waals surface area contributed by atoms with Crippen LogP contribution in [-0.2, 0) is 7.05 Å². The molecule has 0 saturated heterocycles. The second kappa shape index (κ2) is 10.4. The molecule has 3 N–H and O–H groups in total. The van der Waals surface area contributed by atoms with Crippen molar-refractivity contribution in [3.63, 3.8) is 0 Å². The minimum Gasteiger partial charge on any atom is -0.494 e. The Bertz CT molecular complexity index is 1250. The summed E-state index contributed by atoms with van der Waals surface area (Å²) < 4.78 is 29.2. The highest BCUT2D eigenvalue weighted by atomic mass is 16.5. The third-order valence-electron chi connectivity index (χ3n) is 4.59. The molecule has 0 aliphatic rings. The molecule has 0 saturated carbocycles. The molecule has 0 unspecified atom stereocenters. The van der Waals surface area contributed by atoms with Crippen LogP contribution in [-0.4, -0.2) is 69.5 Å². The van der Waals surface area contributed by atoms with Crippen molar-refractivity contribution < 1.29 is 18.4 Å². The number of aromatic nitrogens is 5. The van der Waals surface area contributed by atoms with E-state index in [9.17, 15) is 9.59 Å². The van der Waals surface area contributed by atoms with Crippen LogP contribution < -0.4 is 20.7 Å². The number of benzene rings is 1. The molecule has 12 heteroatoms. The number of aryl methyl sites for hydroxylation is 1. The van der Waals surface area contributed by atoms with E-state index in [1.165, 1.54) is 18.1 Å². The Morgan fingerprint density at radius 1 is 1.27 bits per heavy atom. The fraction of sp³-hybridized carbons (Fsp3) is 0.333. The minimum absolute atomic E-state index is 0.0531. The van der Waals surface area contributed by atoms with Crippen LogP contribution in [0.25, 0.3) is 11.4 Å². The maximum Gasteiger partial charge on any atom is 0.322 e. The number of nitrogens with zero attached hydrogens (tertiary/aromatic N) is 6. The first-order valence-corrected chi connectivity index (χ1v) is 10.0. The average molecular weight is 457 g/mol. The highest BCUT2D eigenvalue weighted by Crippen LogP contribution is 2.37. The minimum atomic E-state index is -2.74. The first-order chi connectivity index (χ1) is 17.0. The molecule has 33 heavy (non-hydrogen) atoms. The molecule has 3 aromatic rings. The van der Waals surface area contributed by atoms with Gasteiger partial charge >= 0.3 is 6.03 Å². The number of ether oxygens (including phenoxy) is 1. The molecule has 0 bridgehead atoms. The number of hydrogen-bond donors (Lipinski definition) is 3. The van der Waals surface area contributed by atoms with Crippen molar-refractivity contribution in [1.29, 1.82) is 0 Å². The van der Waals surface area contributed by atoms with Gasteiger partial charge in [0.2, 0.25) is 0 Å². The van der Waals surface area contributed by atoms with Crippen LogP contribution in [0.3, 0.4) is 0 Å². The number of nitrogens with one attached hydrogen (secondary N) is 3. The highest BCUT2D eigenvalue weighted by molar-refractivity contribution is 5.99. The van der Waals surface area contributed by atoms with Crippen molar-refractivity contribution in [2.75, 3.05) is 38.3 Å². The Labute approximate surface area is 195 Å². The fourth-order valence-corrected chi connectivity index (χ4v) is 3.06. The van der Waals surface area contributed by atoms with Crippen molar-refractivity contribution in [2.45, 2.75) is 13.3 Å². The number of rotatable bonds is 8. The molecule has 12 nitrogen and oxygen atoms in total. The maximum atomic E-state index is 12.7. The molecule has 3 amide bonds. The lowest BCUT2D eigenvalue weighted by atomic mass is 10.1. The number of hydrogen-bond acceptors (Lipinski definition) is 8. The summed E-state index contributed by atoms with van der Waals surface area (Å²) >= 11 is 0. The molecule has 0 spiro atoms. The molecular formula is C21H27N9O3. The molecule has 2 heterocycles. The second-order valence-electron chi connectivity index (χ2n) is 7.05. The van der Waals surface area contributed by atoms with Crippen molar-refractivity contribution in [3.8, 4) is 17.1 Å². The molecule has 2 aromatic heterocycles. The van der Waals surface area contributed by atoms with Crippen molar-refractivity contribution in [2.24, 2.45) is 7.05 Å². The molecule has 1 aromatic carbocycles. The Balaban J connectivity index is 2.03. The summed E-state index contributed by atoms with van der Waals surface area (Å²) in [6.07, 6.45) is 2.31. The van der Waals surface area contributed by atoms with Crippen molar-refractivity contribution >= 4 is 29.1 Å². The zero-order valence-electron chi connectivity index (χ0n) is 21.7. The molecular weight excluding hydrogens is 426 g/mol. The molecule has 0 fully saturated rings. The lowest BCUT2D eigenvalue weighted by Gasteiger charge is -2.18. The summed E-state index contributed by atoms with van der Waals surface area (Å²) in [5.41, 5.74) is 0.783. The third-order valence-corrected chi connectivity index (χ3v) is 4.59. The lowest BCUT2D eigenvalue weighted by molar-refractivity contribution is 0.0958. The van der Waals surface area contributed by atoms with E-state index in [2.05, 4.69) is 30.9 Å². The van der Waals surface area contributed by atoms with Gasteiger partial charge < -0.3 is 20.3 Å². The fourth-order valence-electron chi connectivity index (χ4n) is 3.06. The first kappa shape index (κ1) is 19.5. The summed E-state index contributed by atoms with van der Waals surface area (Å²) in [4.78, 5) is 30.8. The van der Waals surface area contributed by atoms with Crippen LogP contribution >= 0.6 is 0 Å². The van der Waals surface area contributed by atoms with Gasteiger partial charge in [0.25, 0.3) is 5.91 Å². The smallest absolute Gasteiger partial charge is 0.322 e. The number of para-hydroxylation sites is 1. The van der Waals surface area contributed by atoms with Gasteiger partial charge in [0.05, 0.1) is 24.0 Å². The average Bonchev–Trinajstić information content (AvgIpc) is 3.24. The standard InChI is InChI=1S/C21H27N9O3/c1-6-10-29(3)21(32)25-16-11-15(17(27-26-16)20(31)22-2)24-14-9-7-8-13(18(14)33-5)19-23-12-30(4)28-19/h7-9,11-12H,6,10H2,1-5H3,(H,22,31)(H2,24,25,26,32)/i2D3. The molecule has 3 rings (SSSR count). The number of carbonyl (C=O) groups is 2. The van der Waals surface area contributed by atoms with Crippen LogP contribution in [0.5, 0.6) is 5.75 Å². The largest absolute Gasteiger partial charge is 0.494 e. The number of amides is 3. The van der Waals surface area contributed by atoms with E-state index in [1.54, 1.807) is 43.3 Å². The van der Waals surface area contributed by atoms with E-state index in [-0.39, 0.29) is 17.2 Å². The molecule has 0 atom stereocenters. The predicted molar refractivity (Wildman–Crippen MR) is 124 cm³/mol. The van der Waals surface area contributed by atoms with Crippen LogP contribution in [0.2, 0.25) is 0 Å². The van der Waals surface area contributed by atoms with E-state index in [0.29, 0.717) is 29.4 Å². The SMILES string of the molecule is [2H]C([2H])([2H])NC(=O)c1nnc(NC(=O)N(C)CCC)cc1Nc1cccc(-c2ncn(C)n2)c1OC. The highest BCUT2D eigenvalue weighted by Gasteiger charge is 2.20. The number of urea groups is 1. The van der Waals surface area contributed by atoms with Gasteiger partial charge in [0, 0.05) is 37.8 Å². The Morgan fingerprint density at radius 2 is 2.09 bits per heavy atom. The van der Waals surface area contributed by atoms with E-state index < -0.39 is 18.9 Å². The van der Waals surface area contributed by atoms with Gasteiger partial charge in [-0.25, -0.2) is 9.78 Å². The van der Waals surface area contributed by atoms with Gasteiger partial charge in [-0.1, -0.05) is 13.0 Å². The topological polar surface area (TPSA) is 139 Å². The van der Waals surface area contributed by atoms with Gasteiger partial charge in [-0.15, -0.1) is 10.2 Å². The van der Waals surface area contributed by atoms with E-state index >= 15 is 0 Å². The van der Waals surface area contributed by atoms with Gasteiger partial charge in [0.1, 0.15) is 6.33 Å². The van der Waals surface area contributed by atoms with Gasteiger partial charge in [-0.2, -0.15) is 5.10 Å². The monoisotopic (exact) mass is 456 g/mol. The Kier molecular flexibility index (Phi) is 6.13. The Morgan fingerprint density at radius 3 is 2.76 bits per heavy atom. The van der Waals surface area contributed by atoms with Crippen LogP contribution in [0.4, 0.5) is 22.0 Å². The molecule has 174 valence electrons. The van der Waals surface area contributed by atoms with Crippen LogP contribution in [0, 0.1) is 0 Å². The summed E-state index contributed by atoms with van der Waals surface area (Å²) in [6, 6.07) is 6.14. The predicted octanol–water partition coefficient (Wildman–Crippen LogP) is 2.26. The van der Waals surface area contributed by atoms with Crippen molar-refractivity contribution in [3.05, 3.63) is 36.3 Å². The zero-order valence-corrected chi connectivity index (χ0v) is 18.7. The first-order valence-electron chi connectivity index (χ1n) is 11.5. The number of carbonyl (C=O) groups excluding carboxylic acids is 2. The van der Waals surface area contributed by atoms with E-state index in [1.807, 2.05) is 12.2 Å². The second-order valence-corrected chi connectivity index (χ2v) is 7.05. The normalized spacial score (nSPS) is 12.2. The van der Waals surface area contributed by atoms with Gasteiger partial charge in [-0.3, -0.25) is 14.8 Å². The number of methoxy groups -OCH3 is 1. The van der Waals surface area contributed by atoms with E-state index in [4.69, 9.17) is 8.85 Å². The molecule has 0 aliphatic heterocycles. The van der Waals surface area contributed by atoms with Gasteiger partial charge in [0.15, 0.2) is 23.1 Å². The Hall–Kier alpha value is -4.22. The summed E-state index contributed by atoms with van der Waals surface area (Å²) in [7, 11) is 4.83. The molecule has 0 aliphatic carbocycles. The van der Waals surface area contributed by atoms with E-state index in [0.717, 1.165) is 6.42 Å². The quantitative estimate of drug-likeness (QED) is 0.469. The maximum absolute atomic E-state index is 12.7. The van der Waals surface area contributed by atoms with Crippen molar-refractivity contribution in [1.82, 2.24) is 35.2 Å². The lowest BCUT2D eigenvalue weighted by Crippen LogP contribution is -2.32. The third kappa shape index (κ3) is 5.34. The van der Waals surface area contributed by atoms with Gasteiger partial charge in [-0.05, 0) is 18.6 Å². The zero-order chi connectivity index (χ0) is 26.5. The summed E-state index contributed by atoms with van der Waals surface area (Å²) in [5, 5.41) is 19.6. The molecule has 0 radical (unpaired) electrons. The van der Waals surface area contributed by atoms with Crippen LogP contribution in [0.1, 0.15) is 27.9 Å². The number of anilines is 3.